The molecule has 9 heteroatoms. The summed E-state index contributed by atoms with van der Waals surface area (Å²) in [6, 6.07) is 9.90. The lowest BCUT2D eigenvalue weighted by molar-refractivity contribution is 0.149. The molecule has 0 spiro atoms. The van der Waals surface area contributed by atoms with Crippen molar-refractivity contribution in [2.75, 3.05) is 6.54 Å². The van der Waals surface area contributed by atoms with Crippen molar-refractivity contribution in [1.29, 1.82) is 0 Å². The topological polar surface area (TPSA) is 93.8 Å². The van der Waals surface area contributed by atoms with Gasteiger partial charge >= 0.3 is 0 Å². The second-order valence-electron chi connectivity index (χ2n) is 5.02. The Balaban J connectivity index is 1.98. The van der Waals surface area contributed by atoms with Crippen molar-refractivity contribution >= 4 is 49.9 Å². The van der Waals surface area contributed by atoms with E-state index in [0.29, 0.717) is 18.0 Å². The molecule has 0 radical (unpaired) electrons. The largest absolute Gasteiger partial charge is 0.302 e. The van der Waals surface area contributed by atoms with Gasteiger partial charge in [-0.25, -0.2) is 13.1 Å². The molecule has 0 heterocycles. The Labute approximate surface area is 159 Å². The van der Waals surface area contributed by atoms with E-state index in [9.17, 15) is 8.42 Å². The first-order valence-electron chi connectivity index (χ1n) is 7.15. The number of rotatable bonds is 7. The van der Waals surface area contributed by atoms with Gasteiger partial charge in [-0.2, -0.15) is 0 Å². The second kappa shape index (κ2) is 8.95. The Morgan fingerprint density at radius 3 is 2.67 bits per heavy atom. The number of nitrogens with one attached hydrogen (secondary N) is 1. The predicted octanol–water partition coefficient (Wildman–Crippen LogP) is 2.61. The third-order valence-corrected chi connectivity index (χ3v) is 6.95. The number of alkyl halides is 1. The Morgan fingerprint density at radius 1 is 1.29 bits per heavy atom. The summed E-state index contributed by atoms with van der Waals surface area (Å²) in [7, 11) is -3.64. The van der Waals surface area contributed by atoms with Crippen LogP contribution in [0, 0.1) is 0 Å². The number of benzene rings is 1. The van der Waals surface area contributed by atoms with E-state index in [1.54, 1.807) is 0 Å². The van der Waals surface area contributed by atoms with E-state index in [0.717, 1.165) is 6.42 Å². The fourth-order valence-corrected chi connectivity index (χ4v) is 5.44. The van der Waals surface area contributed by atoms with Crippen LogP contribution in [0.15, 0.2) is 57.6 Å². The number of aryl methyl sites for hydroxylation is 1. The van der Waals surface area contributed by atoms with Gasteiger partial charge in [0, 0.05) is 6.54 Å². The lowest BCUT2D eigenvalue weighted by Crippen LogP contribution is -2.33. The summed E-state index contributed by atoms with van der Waals surface area (Å²) in [6.45, 7) is 0.342. The Bertz CT molecular complexity index is 763. The zero-order valence-corrected chi connectivity index (χ0v) is 16.4. The van der Waals surface area contributed by atoms with Crippen LogP contribution >= 0.6 is 34.2 Å². The summed E-state index contributed by atoms with van der Waals surface area (Å²) in [6.07, 6.45) is 4.43. The summed E-state index contributed by atoms with van der Waals surface area (Å²) in [5.74, 6) is 4.93. The van der Waals surface area contributed by atoms with Gasteiger partial charge in [-0.3, -0.25) is 0 Å². The molecule has 1 aliphatic carbocycles. The molecular formula is C15H17ClIN3O3S. The molecule has 3 N–H and O–H groups in total. The minimum absolute atomic E-state index is 0.169. The van der Waals surface area contributed by atoms with Crippen LogP contribution < -0.4 is 10.6 Å². The Kier molecular flexibility index (Phi) is 7.23. The zero-order valence-electron chi connectivity index (χ0n) is 12.7. The highest BCUT2D eigenvalue weighted by atomic mass is 127. The molecule has 1 aromatic rings. The van der Waals surface area contributed by atoms with Crippen LogP contribution in [0.1, 0.15) is 12.0 Å². The quantitative estimate of drug-likeness (QED) is 0.271. The SMILES string of the molecule is NO/N=C1/C(Cl)=CC=C(S(=O)(=O)NCCCc2ccccc2)C1I. The second-order valence-corrected chi connectivity index (χ2v) is 8.43. The maximum atomic E-state index is 12.5. The normalized spacial score (nSPS) is 19.8. The first-order valence-corrected chi connectivity index (χ1v) is 10.3. The molecule has 1 unspecified atom stereocenters. The van der Waals surface area contributed by atoms with Crippen molar-refractivity contribution in [1.82, 2.24) is 4.72 Å². The average Bonchev–Trinajstić information content (AvgIpc) is 2.56. The van der Waals surface area contributed by atoms with Crippen LogP contribution in [-0.4, -0.2) is 24.6 Å². The summed E-state index contributed by atoms with van der Waals surface area (Å²) >= 11 is 7.93. The highest BCUT2D eigenvalue weighted by Gasteiger charge is 2.32. The molecule has 24 heavy (non-hydrogen) atoms. The molecule has 0 bridgehead atoms. The molecule has 1 aromatic carbocycles. The molecule has 0 aromatic heterocycles. The lowest BCUT2D eigenvalue weighted by atomic mass is 10.1. The monoisotopic (exact) mass is 481 g/mol. The van der Waals surface area contributed by atoms with Crippen LogP contribution in [0.3, 0.4) is 0 Å². The molecule has 1 aliphatic rings. The molecule has 0 aliphatic heterocycles. The van der Waals surface area contributed by atoms with E-state index in [4.69, 9.17) is 17.5 Å². The van der Waals surface area contributed by atoms with Crippen LogP contribution in [0.5, 0.6) is 0 Å². The standard InChI is InChI=1S/C15H17ClIN3O3S/c16-12-8-9-13(14(17)15(12)20-23-18)24(21,22)19-10-4-7-11-5-2-1-3-6-11/h1-3,5-6,8-9,14,19H,4,7,10,18H2/b20-15-. The van der Waals surface area contributed by atoms with Crippen LogP contribution in [0.4, 0.5) is 0 Å². The third kappa shape index (κ3) is 5.03. The van der Waals surface area contributed by atoms with Crippen LogP contribution in [-0.2, 0) is 21.4 Å². The van der Waals surface area contributed by atoms with E-state index in [1.165, 1.54) is 17.7 Å². The first-order chi connectivity index (χ1) is 11.5. The molecule has 6 nitrogen and oxygen atoms in total. The smallest absolute Gasteiger partial charge is 0.238 e. The van der Waals surface area contributed by atoms with Gasteiger partial charge in [0.25, 0.3) is 0 Å². The first kappa shape index (κ1) is 19.4. The average molecular weight is 482 g/mol. The summed E-state index contributed by atoms with van der Waals surface area (Å²) < 4.78 is 27.0. The van der Waals surface area contributed by atoms with Gasteiger partial charge in [0.15, 0.2) is 0 Å². The van der Waals surface area contributed by atoms with Gasteiger partial charge < -0.3 is 4.94 Å². The van der Waals surface area contributed by atoms with E-state index < -0.39 is 13.9 Å². The molecule has 0 saturated heterocycles. The molecule has 0 saturated carbocycles. The molecule has 0 fully saturated rings. The lowest BCUT2D eigenvalue weighted by Gasteiger charge is -2.19. The summed E-state index contributed by atoms with van der Waals surface area (Å²) in [5, 5.41) is 3.89. The van der Waals surface area contributed by atoms with Crippen molar-refractivity contribution in [2.24, 2.45) is 11.1 Å². The van der Waals surface area contributed by atoms with Gasteiger partial charge in [-0.05, 0) is 30.6 Å². The molecular weight excluding hydrogens is 465 g/mol. The van der Waals surface area contributed by atoms with Crippen LogP contribution in [0.25, 0.3) is 0 Å². The third-order valence-electron chi connectivity index (χ3n) is 3.37. The van der Waals surface area contributed by atoms with Crippen molar-refractivity contribution in [3.05, 3.63) is 58.0 Å². The number of allylic oxidation sites excluding steroid dienone is 4. The van der Waals surface area contributed by atoms with Crippen molar-refractivity contribution in [3.8, 4) is 0 Å². The molecule has 0 amide bonds. The van der Waals surface area contributed by atoms with Crippen molar-refractivity contribution in [2.45, 2.75) is 16.8 Å². The Hall–Kier alpha value is -0.940. The van der Waals surface area contributed by atoms with E-state index in [-0.39, 0.29) is 10.6 Å². The van der Waals surface area contributed by atoms with Gasteiger partial charge in [0.2, 0.25) is 10.0 Å². The Morgan fingerprint density at radius 2 is 2.00 bits per heavy atom. The highest BCUT2D eigenvalue weighted by Crippen LogP contribution is 2.29. The van der Waals surface area contributed by atoms with E-state index in [2.05, 4.69) is 14.8 Å². The molecule has 2 rings (SSSR count). The summed E-state index contributed by atoms with van der Waals surface area (Å²) in [5.41, 5.74) is 1.44. The molecule has 130 valence electrons. The fourth-order valence-electron chi connectivity index (χ4n) is 2.18. The minimum atomic E-state index is -3.64. The number of sulfonamides is 1. The number of nitrogens with zero attached hydrogens (tertiary/aromatic N) is 1. The van der Waals surface area contributed by atoms with Crippen molar-refractivity contribution in [3.63, 3.8) is 0 Å². The van der Waals surface area contributed by atoms with Crippen molar-refractivity contribution < 1.29 is 13.4 Å². The van der Waals surface area contributed by atoms with E-state index in [1.807, 2.05) is 52.9 Å². The maximum Gasteiger partial charge on any atom is 0.238 e. The number of oxime groups is 1. The van der Waals surface area contributed by atoms with Gasteiger partial charge in [0.05, 0.1) is 13.9 Å². The minimum Gasteiger partial charge on any atom is -0.302 e. The number of nitrogens with two attached hydrogens (primary N) is 1. The van der Waals surface area contributed by atoms with Crippen LogP contribution in [0.2, 0.25) is 0 Å². The van der Waals surface area contributed by atoms with Gasteiger partial charge in [-0.15, -0.1) is 5.90 Å². The number of halogens is 2. The fraction of sp³-hybridized carbons (Fsp3) is 0.267. The van der Waals surface area contributed by atoms with Gasteiger partial charge in [0.1, 0.15) is 5.71 Å². The predicted molar refractivity (Wildman–Crippen MR) is 104 cm³/mol. The number of hydrogen-bond donors (Lipinski definition) is 2. The molecule has 1 atom stereocenters. The van der Waals surface area contributed by atoms with E-state index >= 15 is 0 Å². The zero-order chi connectivity index (χ0) is 17.6. The van der Waals surface area contributed by atoms with Gasteiger partial charge in [-0.1, -0.05) is 69.7 Å². The highest BCUT2D eigenvalue weighted by molar-refractivity contribution is 14.1. The maximum absolute atomic E-state index is 12.5. The summed E-state index contributed by atoms with van der Waals surface area (Å²) in [4.78, 5) is 4.42. The number of hydrogen-bond acceptors (Lipinski definition) is 5.